The van der Waals surface area contributed by atoms with Crippen LogP contribution in [0.5, 0.6) is 0 Å². The number of anilines is 1. The Labute approximate surface area is 130 Å². The lowest BCUT2D eigenvalue weighted by atomic mass is 10.2. The Kier molecular flexibility index (Phi) is 3.22. The standard InChI is InChI=1S/C13H8BrFIN3/c14-9-5-7(15)1-3-11(9)19-12-4-2-8(16)6-10(12)18-13(19)17/h1-6H,(H2,17,18). The fourth-order valence-electron chi connectivity index (χ4n) is 1.99. The van der Waals surface area contributed by atoms with E-state index in [1.807, 2.05) is 18.2 Å². The van der Waals surface area contributed by atoms with Crippen LogP contribution in [-0.4, -0.2) is 9.55 Å². The van der Waals surface area contributed by atoms with Crippen LogP contribution < -0.4 is 5.73 Å². The molecule has 19 heavy (non-hydrogen) atoms. The number of hydrogen-bond donors (Lipinski definition) is 1. The Hall–Kier alpha value is -1.15. The summed E-state index contributed by atoms with van der Waals surface area (Å²) in [4.78, 5) is 4.34. The Balaban J connectivity index is 2.33. The van der Waals surface area contributed by atoms with Gasteiger partial charge in [-0.2, -0.15) is 0 Å². The first-order valence-corrected chi connectivity index (χ1v) is 7.32. The van der Waals surface area contributed by atoms with Crippen LogP contribution in [0.3, 0.4) is 0 Å². The molecule has 0 amide bonds. The van der Waals surface area contributed by atoms with Gasteiger partial charge in [0.2, 0.25) is 5.95 Å². The van der Waals surface area contributed by atoms with Crippen LogP contribution in [0, 0.1) is 9.39 Å². The summed E-state index contributed by atoms with van der Waals surface area (Å²) in [5, 5.41) is 0. The molecule has 1 heterocycles. The zero-order valence-electron chi connectivity index (χ0n) is 9.57. The molecule has 2 N–H and O–H groups in total. The molecule has 0 spiro atoms. The number of rotatable bonds is 1. The molecule has 96 valence electrons. The minimum atomic E-state index is -0.298. The fourth-order valence-corrected chi connectivity index (χ4v) is 2.99. The third kappa shape index (κ3) is 2.23. The molecule has 1 aromatic heterocycles. The number of nitrogens with zero attached hydrogens (tertiary/aromatic N) is 2. The predicted molar refractivity (Wildman–Crippen MR) is 85.9 cm³/mol. The third-order valence-electron chi connectivity index (χ3n) is 2.79. The quantitative estimate of drug-likeness (QED) is 0.589. The summed E-state index contributed by atoms with van der Waals surface area (Å²) in [6, 6.07) is 10.4. The van der Waals surface area contributed by atoms with Crippen molar-refractivity contribution in [2.45, 2.75) is 0 Å². The molecule has 0 radical (unpaired) electrons. The highest BCUT2D eigenvalue weighted by molar-refractivity contribution is 14.1. The largest absolute Gasteiger partial charge is 0.369 e. The summed E-state index contributed by atoms with van der Waals surface area (Å²) in [6.45, 7) is 0. The number of halogens is 3. The maximum atomic E-state index is 13.2. The van der Waals surface area contributed by atoms with Crippen LogP contribution in [0.2, 0.25) is 0 Å². The van der Waals surface area contributed by atoms with Crippen LogP contribution in [-0.2, 0) is 0 Å². The van der Waals surface area contributed by atoms with E-state index in [0.717, 1.165) is 20.3 Å². The van der Waals surface area contributed by atoms with Crippen LogP contribution in [0.25, 0.3) is 16.7 Å². The van der Waals surface area contributed by atoms with E-state index in [2.05, 4.69) is 43.5 Å². The predicted octanol–water partition coefficient (Wildman–Crippen LogP) is 4.11. The van der Waals surface area contributed by atoms with E-state index in [0.29, 0.717) is 10.4 Å². The van der Waals surface area contributed by atoms with E-state index in [-0.39, 0.29) is 5.82 Å². The highest BCUT2D eigenvalue weighted by Crippen LogP contribution is 2.29. The van der Waals surface area contributed by atoms with E-state index < -0.39 is 0 Å². The molecule has 0 bridgehead atoms. The second-order valence-electron chi connectivity index (χ2n) is 4.03. The number of hydrogen-bond acceptors (Lipinski definition) is 2. The smallest absolute Gasteiger partial charge is 0.205 e. The molecule has 3 aromatic rings. The van der Waals surface area contributed by atoms with Gasteiger partial charge in [-0.1, -0.05) is 0 Å². The van der Waals surface area contributed by atoms with Crippen molar-refractivity contribution in [3.63, 3.8) is 0 Å². The van der Waals surface area contributed by atoms with E-state index in [9.17, 15) is 4.39 Å². The Bertz CT molecular complexity index is 785. The first-order chi connectivity index (χ1) is 9.06. The zero-order valence-corrected chi connectivity index (χ0v) is 13.3. The molecule has 0 aliphatic heterocycles. The van der Waals surface area contributed by atoms with Gasteiger partial charge in [0, 0.05) is 8.04 Å². The minimum absolute atomic E-state index is 0.298. The third-order valence-corrected chi connectivity index (χ3v) is 4.10. The Morgan fingerprint density at radius 2 is 2.00 bits per heavy atom. The zero-order chi connectivity index (χ0) is 13.6. The Morgan fingerprint density at radius 3 is 2.74 bits per heavy atom. The summed E-state index contributed by atoms with van der Waals surface area (Å²) >= 11 is 5.58. The number of fused-ring (bicyclic) bond motifs is 1. The molecule has 2 aromatic carbocycles. The van der Waals surface area contributed by atoms with Crippen LogP contribution >= 0.6 is 38.5 Å². The summed E-state index contributed by atoms with van der Waals surface area (Å²) in [7, 11) is 0. The summed E-state index contributed by atoms with van der Waals surface area (Å²) in [5.41, 5.74) is 8.46. The first-order valence-electron chi connectivity index (χ1n) is 5.45. The molecular formula is C13H8BrFIN3. The molecular weight excluding hydrogens is 424 g/mol. The lowest BCUT2D eigenvalue weighted by Crippen LogP contribution is -2.01. The van der Waals surface area contributed by atoms with Crippen LogP contribution in [0.15, 0.2) is 40.9 Å². The van der Waals surface area contributed by atoms with Crippen molar-refractivity contribution in [1.29, 1.82) is 0 Å². The molecule has 0 aliphatic rings. The van der Waals surface area contributed by atoms with Crippen molar-refractivity contribution < 1.29 is 4.39 Å². The molecule has 3 nitrogen and oxygen atoms in total. The van der Waals surface area contributed by atoms with Crippen LogP contribution in [0.1, 0.15) is 0 Å². The van der Waals surface area contributed by atoms with Gasteiger partial charge in [0.1, 0.15) is 5.82 Å². The second-order valence-corrected chi connectivity index (χ2v) is 6.13. The summed E-state index contributed by atoms with van der Waals surface area (Å²) < 4.78 is 16.7. The van der Waals surface area contributed by atoms with Gasteiger partial charge in [0.05, 0.1) is 16.7 Å². The van der Waals surface area contributed by atoms with Gasteiger partial charge in [-0.15, -0.1) is 0 Å². The molecule has 0 aliphatic carbocycles. The molecule has 0 unspecified atom stereocenters. The SMILES string of the molecule is Nc1nc2cc(I)ccc2n1-c1ccc(F)cc1Br. The normalized spacial score (nSPS) is 11.1. The highest BCUT2D eigenvalue weighted by atomic mass is 127. The lowest BCUT2D eigenvalue weighted by molar-refractivity contribution is 0.626. The number of benzene rings is 2. The van der Waals surface area contributed by atoms with Crippen molar-refractivity contribution >= 4 is 55.5 Å². The van der Waals surface area contributed by atoms with Crippen molar-refractivity contribution in [3.05, 3.63) is 50.3 Å². The van der Waals surface area contributed by atoms with E-state index in [1.165, 1.54) is 12.1 Å². The maximum absolute atomic E-state index is 13.2. The molecule has 6 heteroatoms. The van der Waals surface area contributed by atoms with Gasteiger partial charge in [-0.25, -0.2) is 9.37 Å². The van der Waals surface area contributed by atoms with E-state index in [4.69, 9.17) is 5.73 Å². The van der Waals surface area contributed by atoms with Gasteiger partial charge in [-0.05, 0) is 74.9 Å². The van der Waals surface area contributed by atoms with Gasteiger partial charge < -0.3 is 5.73 Å². The van der Waals surface area contributed by atoms with Gasteiger partial charge in [-0.3, -0.25) is 4.57 Å². The van der Waals surface area contributed by atoms with E-state index >= 15 is 0 Å². The molecule has 3 rings (SSSR count). The number of imidazole rings is 1. The van der Waals surface area contributed by atoms with Gasteiger partial charge in [0.25, 0.3) is 0 Å². The van der Waals surface area contributed by atoms with Crippen molar-refractivity contribution in [2.24, 2.45) is 0 Å². The van der Waals surface area contributed by atoms with Crippen molar-refractivity contribution in [1.82, 2.24) is 9.55 Å². The number of nitrogens with two attached hydrogens (primary N) is 1. The summed E-state index contributed by atoms with van der Waals surface area (Å²) in [5.74, 6) is 0.0810. The minimum Gasteiger partial charge on any atom is -0.369 e. The topological polar surface area (TPSA) is 43.8 Å². The van der Waals surface area contributed by atoms with E-state index in [1.54, 1.807) is 10.6 Å². The molecule has 0 atom stereocenters. The van der Waals surface area contributed by atoms with Crippen molar-refractivity contribution in [3.8, 4) is 5.69 Å². The second kappa shape index (κ2) is 4.75. The monoisotopic (exact) mass is 431 g/mol. The van der Waals surface area contributed by atoms with Gasteiger partial charge >= 0.3 is 0 Å². The molecule has 0 saturated carbocycles. The first kappa shape index (κ1) is 12.9. The Morgan fingerprint density at radius 1 is 1.21 bits per heavy atom. The van der Waals surface area contributed by atoms with Crippen molar-refractivity contribution in [2.75, 3.05) is 5.73 Å². The molecule has 0 fully saturated rings. The van der Waals surface area contributed by atoms with Crippen LogP contribution in [0.4, 0.5) is 10.3 Å². The fraction of sp³-hybridized carbons (Fsp3) is 0. The average molecular weight is 432 g/mol. The number of aromatic nitrogens is 2. The summed E-state index contributed by atoms with van der Waals surface area (Å²) in [6.07, 6.45) is 0. The lowest BCUT2D eigenvalue weighted by Gasteiger charge is -2.09. The highest BCUT2D eigenvalue weighted by Gasteiger charge is 2.13. The average Bonchev–Trinajstić information content (AvgIpc) is 2.65. The maximum Gasteiger partial charge on any atom is 0.205 e. The number of nitrogen functional groups attached to an aromatic ring is 1. The molecule has 0 saturated heterocycles. The van der Waals surface area contributed by atoms with Gasteiger partial charge in [0.15, 0.2) is 0 Å².